The molecular formula is C9H17NOS2. The highest BCUT2D eigenvalue weighted by Gasteiger charge is 2.15. The minimum atomic E-state index is 0.202. The van der Waals surface area contributed by atoms with Gasteiger partial charge in [-0.15, -0.1) is 0 Å². The molecule has 1 aliphatic rings. The van der Waals surface area contributed by atoms with Crippen LogP contribution in [0.1, 0.15) is 32.1 Å². The van der Waals surface area contributed by atoms with Gasteiger partial charge in [-0.3, -0.25) is 4.79 Å². The fraction of sp³-hybridized carbons (Fsp3) is 0.889. The number of rotatable bonds is 6. The van der Waals surface area contributed by atoms with Gasteiger partial charge in [0.15, 0.2) is 0 Å². The Balaban J connectivity index is 1.91. The third-order valence-electron chi connectivity index (χ3n) is 2.19. The normalized spacial score (nSPS) is 22.1. The van der Waals surface area contributed by atoms with Gasteiger partial charge in [-0.1, -0.05) is 28.0 Å². The number of carbonyl (C=O) groups excluding carboxylic acids is 1. The first-order chi connectivity index (χ1) is 6.33. The maximum atomic E-state index is 10.9. The van der Waals surface area contributed by atoms with Gasteiger partial charge in [0.05, 0.1) is 6.54 Å². The summed E-state index contributed by atoms with van der Waals surface area (Å²) in [5.41, 5.74) is 5.22. The van der Waals surface area contributed by atoms with Crippen molar-refractivity contribution in [3.63, 3.8) is 0 Å². The third kappa shape index (κ3) is 4.93. The smallest absolute Gasteiger partial charge is 0.146 e. The van der Waals surface area contributed by atoms with Crippen LogP contribution in [-0.2, 0) is 4.79 Å². The molecule has 1 atom stereocenters. The molecule has 1 rings (SSSR count). The van der Waals surface area contributed by atoms with Crippen LogP contribution in [0.4, 0.5) is 0 Å². The molecule has 13 heavy (non-hydrogen) atoms. The molecule has 0 aromatic heterocycles. The summed E-state index contributed by atoms with van der Waals surface area (Å²) in [4.78, 5) is 10.9. The summed E-state index contributed by atoms with van der Waals surface area (Å²) in [5.74, 6) is 1.50. The number of hydrogen-bond donors (Lipinski definition) is 1. The van der Waals surface area contributed by atoms with Crippen LogP contribution in [0.25, 0.3) is 0 Å². The minimum absolute atomic E-state index is 0.202. The summed E-state index contributed by atoms with van der Waals surface area (Å²) in [6.07, 6.45) is 5.51. The molecule has 0 radical (unpaired) electrons. The molecule has 1 unspecified atom stereocenters. The standard InChI is InChI=1S/C9H17NOS2/c10-7-8(11)3-1-2-4-9-5-6-12-13-9/h9H,1-7,10H2. The highest BCUT2D eigenvalue weighted by atomic mass is 33.1. The Bertz CT molecular complexity index is 158. The molecule has 0 amide bonds. The van der Waals surface area contributed by atoms with Gasteiger partial charge in [-0.05, 0) is 19.3 Å². The molecule has 1 heterocycles. The summed E-state index contributed by atoms with van der Waals surface area (Å²) in [6, 6.07) is 0. The molecule has 0 aromatic carbocycles. The molecule has 0 saturated carbocycles. The highest BCUT2D eigenvalue weighted by molar-refractivity contribution is 8.77. The molecule has 0 aromatic rings. The molecule has 2 N–H and O–H groups in total. The highest BCUT2D eigenvalue weighted by Crippen LogP contribution is 2.39. The quantitative estimate of drug-likeness (QED) is 0.549. The van der Waals surface area contributed by atoms with Gasteiger partial charge in [-0.2, -0.15) is 0 Å². The van der Waals surface area contributed by atoms with E-state index in [1.807, 2.05) is 21.6 Å². The zero-order chi connectivity index (χ0) is 9.52. The lowest BCUT2D eigenvalue weighted by Crippen LogP contribution is -2.12. The van der Waals surface area contributed by atoms with E-state index < -0.39 is 0 Å². The van der Waals surface area contributed by atoms with E-state index in [-0.39, 0.29) is 12.3 Å². The average molecular weight is 219 g/mol. The van der Waals surface area contributed by atoms with Crippen LogP contribution in [0.15, 0.2) is 0 Å². The molecule has 1 saturated heterocycles. The van der Waals surface area contributed by atoms with Gasteiger partial charge in [0.2, 0.25) is 0 Å². The Morgan fingerprint density at radius 3 is 2.92 bits per heavy atom. The van der Waals surface area contributed by atoms with Crippen LogP contribution in [-0.4, -0.2) is 23.3 Å². The Kier molecular flexibility index (Phi) is 5.91. The molecule has 2 nitrogen and oxygen atoms in total. The summed E-state index contributed by atoms with van der Waals surface area (Å²) in [7, 11) is 3.99. The zero-order valence-electron chi connectivity index (χ0n) is 7.83. The van der Waals surface area contributed by atoms with Crippen LogP contribution in [0, 0.1) is 0 Å². The summed E-state index contributed by atoms with van der Waals surface area (Å²) >= 11 is 0. The van der Waals surface area contributed by atoms with Crippen LogP contribution in [0.5, 0.6) is 0 Å². The van der Waals surface area contributed by atoms with E-state index in [0.29, 0.717) is 6.42 Å². The van der Waals surface area contributed by atoms with Crippen molar-refractivity contribution in [1.82, 2.24) is 0 Å². The van der Waals surface area contributed by atoms with E-state index in [1.165, 1.54) is 25.0 Å². The summed E-state index contributed by atoms with van der Waals surface area (Å²) in [6.45, 7) is 0.216. The van der Waals surface area contributed by atoms with Crippen molar-refractivity contribution in [2.24, 2.45) is 5.73 Å². The van der Waals surface area contributed by atoms with E-state index in [0.717, 1.165) is 11.7 Å². The van der Waals surface area contributed by atoms with E-state index in [4.69, 9.17) is 5.73 Å². The van der Waals surface area contributed by atoms with E-state index in [9.17, 15) is 4.79 Å². The molecular weight excluding hydrogens is 202 g/mol. The first-order valence-corrected chi connectivity index (χ1v) is 7.21. The van der Waals surface area contributed by atoms with E-state index >= 15 is 0 Å². The second kappa shape index (κ2) is 6.74. The Morgan fingerprint density at radius 1 is 1.46 bits per heavy atom. The van der Waals surface area contributed by atoms with E-state index in [1.54, 1.807) is 0 Å². The van der Waals surface area contributed by atoms with Gasteiger partial charge < -0.3 is 5.73 Å². The number of ketones is 1. The number of unbranched alkanes of at least 4 members (excludes halogenated alkanes) is 1. The fourth-order valence-electron chi connectivity index (χ4n) is 1.36. The minimum Gasteiger partial charge on any atom is -0.324 e. The van der Waals surface area contributed by atoms with Crippen LogP contribution >= 0.6 is 21.6 Å². The number of nitrogens with two attached hydrogens (primary N) is 1. The number of hydrogen-bond acceptors (Lipinski definition) is 4. The SMILES string of the molecule is NCC(=O)CCCCC1CCSS1. The Hall–Kier alpha value is 0.330. The lowest BCUT2D eigenvalue weighted by atomic mass is 10.1. The van der Waals surface area contributed by atoms with Gasteiger partial charge in [0.1, 0.15) is 5.78 Å². The van der Waals surface area contributed by atoms with Crippen LogP contribution in [0.2, 0.25) is 0 Å². The predicted octanol–water partition coefficient (Wildman–Crippen LogP) is 2.23. The second-order valence-electron chi connectivity index (χ2n) is 3.32. The van der Waals surface area contributed by atoms with Crippen molar-refractivity contribution in [2.45, 2.75) is 37.4 Å². The lowest BCUT2D eigenvalue weighted by Gasteiger charge is -2.05. The van der Waals surface area contributed by atoms with Crippen molar-refractivity contribution in [2.75, 3.05) is 12.3 Å². The topological polar surface area (TPSA) is 43.1 Å². The predicted molar refractivity (Wildman–Crippen MR) is 61.0 cm³/mol. The second-order valence-corrected chi connectivity index (χ2v) is 6.10. The average Bonchev–Trinajstić information content (AvgIpc) is 2.64. The molecule has 76 valence electrons. The van der Waals surface area contributed by atoms with Crippen molar-refractivity contribution in [3.8, 4) is 0 Å². The van der Waals surface area contributed by atoms with Gasteiger partial charge in [0, 0.05) is 17.4 Å². The van der Waals surface area contributed by atoms with E-state index in [2.05, 4.69) is 0 Å². The summed E-state index contributed by atoms with van der Waals surface area (Å²) < 4.78 is 0. The fourth-order valence-corrected chi connectivity index (χ4v) is 4.39. The number of Topliss-reactive ketones (excluding diaryl/α,β-unsaturated/α-hetero) is 1. The van der Waals surface area contributed by atoms with Crippen LogP contribution < -0.4 is 5.73 Å². The van der Waals surface area contributed by atoms with Crippen LogP contribution in [0.3, 0.4) is 0 Å². The van der Waals surface area contributed by atoms with Gasteiger partial charge in [-0.25, -0.2) is 0 Å². The first kappa shape index (κ1) is 11.4. The molecule has 0 bridgehead atoms. The monoisotopic (exact) mass is 219 g/mol. The largest absolute Gasteiger partial charge is 0.324 e. The Morgan fingerprint density at radius 2 is 2.31 bits per heavy atom. The summed E-state index contributed by atoms with van der Waals surface area (Å²) in [5, 5.41) is 0.845. The molecule has 4 heteroatoms. The van der Waals surface area contributed by atoms with Gasteiger partial charge in [0.25, 0.3) is 0 Å². The first-order valence-electron chi connectivity index (χ1n) is 4.83. The Labute approximate surface area is 87.8 Å². The van der Waals surface area contributed by atoms with Crippen molar-refractivity contribution in [1.29, 1.82) is 0 Å². The van der Waals surface area contributed by atoms with Crippen molar-refractivity contribution in [3.05, 3.63) is 0 Å². The third-order valence-corrected chi connectivity index (χ3v) is 5.19. The van der Waals surface area contributed by atoms with Crippen molar-refractivity contribution >= 4 is 27.4 Å². The maximum absolute atomic E-state index is 10.9. The maximum Gasteiger partial charge on any atom is 0.146 e. The molecule has 0 spiro atoms. The lowest BCUT2D eigenvalue weighted by molar-refractivity contribution is -0.117. The van der Waals surface area contributed by atoms with Gasteiger partial charge >= 0.3 is 0 Å². The number of carbonyl (C=O) groups is 1. The van der Waals surface area contributed by atoms with Crippen molar-refractivity contribution < 1.29 is 4.79 Å². The molecule has 0 aliphatic carbocycles. The molecule has 1 aliphatic heterocycles. The zero-order valence-corrected chi connectivity index (χ0v) is 9.46. The molecule has 1 fully saturated rings.